The minimum absolute atomic E-state index is 0. The quantitative estimate of drug-likeness (QED) is 0.213. The number of benzene rings is 1. The number of hydrogen-bond donors (Lipinski definition) is 2. The van der Waals surface area contributed by atoms with Gasteiger partial charge in [-0.1, -0.05) is 101 Å². The Morgan fingerprint density at radius 3 is 1.65 bits per heavy atom. The second kappa shape index (κ2) is 14.7. The van der Waals surface area contributed by atoms with Gasteiger partial charge in [0, 0.05) is 0 Å². The number of carbonyl (C=O) groups is 2. The maximum absolute atomic E-state index is 11.8. The van der Waals surface area contributed by atoms with E-state index in [2.05, 4.69) is 6.92 Å². The summed E-state index contributed by atoms with van der Waals surface area (Å²) >= 11 is 0. The van der Waals surface area contributed by atoms with Crippen molar-refractivity contribution in [2.45, 2.75) is 83.0 Å². The van der Waals surface area contributed by atoms with E-state index in [-0.39, 0.29) is 58.2 Å². The minimum atomic E-state index is -1.83. The van der Waals surface area contributed by atoms with Crippen LogP contribution < -0.4 is 0 Å². The third-order valence-corrected chi connectivity index (χ3v) is 4.90. The van der Waals surface area contributed by atoms with E-state index in [9.17, 15) is 19.8 Å². The van der Waals surface area contributed by atoms with Crippen LogP contribution in [0.4, 0.5) is 0 Å². The zero-order valence-corrected chi connectivity index (χ0v) is 20.5. The average Bonchev–Trinajstić information content (AvgIpc) is 2.60. The van der Waals surface area contributed by atoms with Gasteiger partial charge >= 0.3 is 60.8 Å². The fourth-order valence-corrected chi connectivity index (χ4v) is 3.30. The van der Waals surface area contributed by atoms with Gasteiger partial charge in [-0.3, -0.25) is 9.59 Å². The molecule has 0 aliphatic heterocycles. The van der Waals surface area contributed by atoms with Crippen molar-refractivity contribution in [3.63, 3.8) is 0 Å². The molecule has 1 aromatic carbocycles. The number of rotatable bonds is 14. The molecule has 0 spiro atoms. The van der Waals surface area contributed by atoms with E-state index in [4.69, 9.17) is 0 Å². The van der Waals surface area contributed by atoms with Crippen LogP contribution in [-0.2, 0) is 15.0 Å². The molecule has 144 valence electrons. The normalized spacial score (nSPS) is 11.0. The summed E-state index contributed by atoms with van der Waals surface area (Å²) in [5.41, 5.74) is -1.48. The number of aliphatic carboxylic acids is 2. The van der Waals surface area contributed by atoms with E-state index in [1.807, 2.05) is 0 Å². The molecule has 0 unspecified atom stereocenters. The first kappa shape index (κ1) is 25.7. The molecular weight excluding hydrogens is 454 g/mol. The monoisotopic (exact) mass is 488 g/mol. The van der Waals surface area contributed by atoms with Gasteiger partial charge in [-0.15, -0.1) is 0 Å². The summed E-state index contributed by atoms with van der Waals surface area (Å²) in [6.07, 6.45) is 11.5. The Balaban J connectivity index is -0.00000208. The van der Waals surface area contributed by atoms with Crippen LogP contribution in [0.1, 0.15) is 86.0 Å². The Morgan fingerprint density at radius 2 is 1.23 bits per heavy atom. The van der Waals surface area contributed by atoms with Crippen molar-refractivity contribution in [3.05, 3.63) is 35.9 Å². The smallest absolute Gasteiger partial charge is 1.00 e. The van der Waals surface area contributed by atoms with Crippen LogP contribution in [0.3, 0.4) is 0 Å². The first-order chi connectivity index (χ1) is 12.1. The van der Waals surface area contributed by atoms with E-state index in [1.165, 1.54) is 38.5 Å². The van der Waals surface area contributed by atoms with Crippen LogP contribution in [0, 0.1) is 0 Å². The fourth-order valence-electron chi connectivity index (χ4n) is 3.30. The van der Waals surface area contributed by atoms with Gasteiger partial charge in [0.2, 0.25) is 0 Å². The van der Waals surface area contributed by atoms with Crippen molar-refractivity contribution < 1.29 is 22.7 Å². The standard InChI is InChI=1S/C21H32O4.Ba.2H/c1-2-3-4-5-6-7-8-9-10-14-17-21(19(22)23,20(24)25)18-15-12-11-13-16-18;;;/h11-13,15-16H,2-10,14,17H2,1H3,(H,22,23)(H,24,25);;;/q;+2;2*-1. The molecule has 1 rings (SSSR count). The predicted octanol–water partition coefficient (Wildman–Crippen LogP) is 5.25. The molecule has 0 aliphatic rings. The van der Waals surface area contributed by atoms with Crippen LogP contribution in [0.2, 0.25) is 0 Å². The van der Waals surface area contributed by atoms with E-state index < -0.39 is 17.4 Å². The average molecular weight is 488 g/mol. The molecule has 2 N–H and O–H groups in total. The zero-order valence-electron chi connectivity index (χ0n) is 18.1. The van der Waals surface area contributed by atoms with E-state index >= 15 is 0 Å². The second-order valence-electron chi connectivity index (χ2n) is 6.81. The summed E-state index contributed by atoms with van der Waals surface area (Å²) < 4.78 is 0. The van der Waals surface area contributed by atoms with Gasteiger partial charge in [-0.2, -0.15) is 0 Å². The SMILES string of the molecule is CCCCCCCCCCCCC(C(=O)O)(C(=O)O)c1ccccc1.[Ba+2].[H-].[H-]. The minimum Gasteiger partial charge on any atom is -1.00 e. The summed E-state index contributed by atoms with van der Waals surface area (Å²) in [5.74, 6) is -2.55. The van der Waals surface area contributed by atoms with Gasteiger partial charge in [-0.25, -0.2) is 0 Å². The third-order valence-electron chi connectivity index (χ3n) is 4.90. The van der Waals surface area contributed by atoms with Gasteiger partial charge in [0.05, 0.1) is 0 Å². The van der Waals surface area contributed by atoms with Crippen LogP contribution in [0.25, 0.3) is 0 Å². The Hall–Kier alpha value is -0.269. The number of carboxylic acids is 2. The van der Waals surface area contributed by atoms with Crippen molar-refractivity contribution >= 4 is 60.8 Å². The first-order valence-electron chi connectivity index (χ1n) is 9.58. The molecule has 1 aromatic rings. The topological polar surface area (TPSA) is 74.6 Å². The van der Waals surface area contributed by atoms with Gasteiger partial charge in [0.1, 0.15) is 0 Å². The maximum atomic E-state index is 11.8. The largest absolute Gasteiger partial charge is 2.00 e. The summed E-state index contributed by atoms with van der Waals surface area (Å²) in [7, 11) is 0. The molecule has 0 radical (unpaired) electrons. The Morgan fingerprint density at radius 1 is 0.808 bits per heavy atom. The number of carboxylic acid groups (broad SMARTS) is 2. The van der Waals surface area contributed by atoms with Gasteiger partial charge < -0.3 is 13.1 Å². The summed E-state index contributed by atoms with van der Waals surface area (Å²) in [5, 5.41) is 19.2. The van der Waals surface area contributed by atoms with Crippen LogP contribution >= 0.6 is 0 Å². The molecule has 0 aromatic heterocycles. The molecule has 0 aliphatic carbocycles. The van der Waals surface area contributed by atoms with Crippen LogP contribution in [0.5, 0.6) is 0 Å². The molecule has 0 amide bonds. The third kappa shape index (κ3) is 8.17. The molecule has 0 bridgehead atoms. The molecule has 4 nitrogen and oxygen atoms in total. The Labute approximate surface area is 200 Å². The van der Waals surface area contributed by atoms with E-state index in [0.717, 1.165) is 19.3 Å². The number of hydrogen-bond acceptors (Lipinski definition) is 2. The van der Waals surface area contributed by atoms with Crippen LogP contribution in [-0.4, -0.2) is 71.0 Å². The van der Waals surface area contributed by atoms with Gasteiger partial charge in [-0.05, 0) is 12.0 Å². The molecule has 5 heteroatoms. The molecular formula is C21H34BaO4. The van der Waals surface area contributed by atoms with Gasteiger partial charge in [0.15, 0.2) is 5.41 Å². The fraction of sp³-hybridized carbons (Fsp3) is 0.619. The molecule has 0 heterocycles. The molecule has 0 saturated carbocycles. The molecule has 26 heavy (non-hydrogen) atoms. The van der Waals surface area contributed by atoms with Crippen LogP contribution in [0.15, 0.2) is 30.3 Å². The molecule has 0 saturated heterocycles. The first-order valence-corrected chi connectivity index (χ1v) is 9.58. The van der Waals surface area contributed by atoms with Gasteiger partial charge in [0.25, 0.3) is 0 Å². The second-order valence-corrected chi connectivity index (χ2v) is 6.81. The summed E-state index contributed by atoms with van der Waals surface area (Å²) in [6, 6.07) is 8.33. The van der Waals surface area contributed by atoms with Crippen molar-refractivity contribution in [3.8, 4) is 0 Å². The summed E-state index contributed by atoms with van der Waals surface area (Å²) in [4.78, 5) is 23.5. The predicted molar refractivity (Wildman–Crippen MR) is 108 cm³/mol. The van der Waals surface area contributed by atoms with E-state index in [1.54, 1.807) is 30.3 Å². The number of unbranched alkanes of at least 4 members (excludes halogenated alkanes) is 9. The van der Waals surface area contributed by atoms with Crippen molar-refractivity contribution in [2.24, 2.45) is 0 Å². The van der Waals surface area contributed by atoms with Crippen molar-refractivity contribution in [1.29, 1.82) is 0 Å². The molecule has 0 fully saturated rings. The van der Waals surface area contributed by atoms with Crippen molar-refractivity contribution in [2.75, 3.05) is 0 Å². The Bertz CT molecular complexity index is 512. The Kier molecular flexibility index (Phi) is 14.6. The van der Waals surface area contributed by atoms with Crippen molar-refractivity contribution in [1.82, 2.24) is 0 Å². The van der Waals surface area contributed by atoms with E-state index in [0.29, 0.717) is 12.0 Å². The molecule has 0 atom stereocenters. The zero-order chi connectivity index (χ0) is 18.5. The summed E-state index contributed by atoms with van der Waals surface area (Å²) in [6.45, 7) is 2.21. The maximum Gasteiger partial charge on any atom is 2.00 e.